The molecule has 106 valence electrons. The van der Waals surface area contributed by atoms with E-state index in [0.29, 0.717) is 4.47 Å². The number of sulfonamides is 1. The predicted molar refractivity (Wildman–Crippen MR) is 72.5 cm³/mol. The molecule has 0 saturated carbocycles. The number of hydrogen-bond donors (Lipinski definition) is 1. The lowest BCUT2D eigenvalue weighted by Gasteiger charge is -2.31. The average molecular weight is 372 g/mol. The lowest BCUT2D eigenvalue weighted by Crippen LogP contribution is -2.46. The molecule has 6 nitrogen and oxygen atoms in total. The fourth-order valence-electron chi connectivity index (χ4n) is 1.75. The van der Waals surface area contributed by atoms with Gasteiger partial charge in [0.2, 0.25) is 10.0 Å². The zero-order chi connectivity index (χ0) is 14.0. The third-order valence-corrected chi connectivity index (χ3v) is 5.42. The van der Waals surface area contributed by atoms with Crippen LogP contribution in [0.2, 0.25) is 5.15 Å². The smallest absolute Gasteiger partial charge is 0.246 e. The molecule has 1 aliphatic rings. The number of aliphatic hydroxyl groups excluding tert-OH is 1. The quantitative estimate of drug-likeness (QED) is 0.798. The van der Waals surface area contributed by atoms with Crippen LogP contribution in [-0.2, 0) is 14.8 Å². The molecule has 1 saturated heterocycles. The van der Waals surface area contributed by atoms with E-state index in [-0.39, 0.29) is 36.4 Å². The van der Waals surface area contributed by atoms with Crippen molar-refractivity contribution in [2.75, 3.05) is 26.3 Å². The summed E-state index contributed by atoms with van der Waals surface area (Å²) in [7, 11) is -3.74. The summed E-state index contributed by atoms with van der Waals surface area (Å²) >= 11 is 9.02. The number of nitrogens with zero attached hydrogens (tertiary/aromatic N) is 2. The number of rotatable bonds is 3. The Bertz CT molecular complexity index is 569. The van der Waals surface area contributed by atoms with E-state index in [0.717, 1.165) is 0 Å². The van der Waals surface area contributed by atoms with Crippen LogP contribution < -0.4 is 0 Å². The van der Waals surface area contributed by atoms with Crippen molar-refractivity contribution in [2.24, 2.45) is 0 Å². The second-order valence-electron chi connectivity index (χ2n) is 3.98. The molecule has 1 unspecified atom stereocenters. The van der Waals surface area contributed by atoms with Gasteiger partial charge in [-0.1, -0.05) is 11.6 Å². The normalized spacial score (nSPS) is 21.5. The minimum Gasteiger partial charge on any atom is -0.394 e. The van der Waals surface area contributed by atoms with E-state index in [1.165, 1.54) is 16.6 Å². The highest BCUT2D eigenvalue weighted by molar-refractivity contribution is 9.10. The first-order valence-electron chi connectivity index (χ1n) is 5.49. The molecule has 9 heteroatoms. The van der Waals surface area contributed by atoms with Gasteiger partial charge in [0.05, 0.1) is 19.3 Å². The lowest BCUT2D eigenvalue weighted by atomic mass is 10.3. The molecule has 0 aliphatic carbocycles. The molecule has 1 atom stereocenters. The summed E-state index contributed by atoms with van der Waals surface area (Å²) in [6.45, 7) is 0.337. The largest absolute Gasteiger partial charge is 0.394 e. The van der Waals surface area contributed by atoms with Gasteiger partial charge in [-0.05, 0) is 22.0 Å². The standard InChI is InChI=1S/C10H12BrClN2O4S/c11-7-3-9(10(12)13-4-7)19(16,17)14-1-2-18-8(5-14)6-15/h3-4,8,15H,1-2,5-6H2. The molecule has 0 aromatic carbocycles. The Kier molecular flexibility index (Phi) is 4.80. The van der Waals surface area contributed by atoms with Gasteiger partial charge in [-0.15, -0.1) is 0 Å². The van der Waals surface area contributed by atoms with Gasteiger partial charge in [0.25, 0.3) is 0 Å². The first kappa shape index (κ1) is 15.1. The zero-order valence-corrected chi connectivity index (χ0v) is 12.9. The van der Waals surface area contributed by atoms with Crippen molar-refractivity contribution in [3.05, 3.63) is 21.9 Å². The van der Waals surface area contributed by atoms with Gasteiger partial charge in [0, 0.05) is 23.8 Å². The Balaban J connectivity index is 2.34. The number of pyridine rings is 1. The van der Waals surface area contributed by atoms with E-state index in [2.05, 4.69) is 20.9 Å². The van der Waals surface area contributed by atoms with E-state index in [1.54, 1.807) is 0 Å². The Labute approximate surface area is 124 Å². The molecule has 1 aliphatic heterocycles. The summed E-state index contributed by atoms with van der Waals surface area (Å²) in [5.74, 6) is 0. The van der Waals surface area contributed by atoms with Gasteiger partial charge in [-0.3, -0.25) is 0 Å². The van der Waals surface area contributed by atoms with Crippen LogP contribution in [0.25, 0.3) is 0 Å². The molecule has 0 amide bonds. The third kappa shape index (κ3) is 3.26. The van der Waals surface area contributed by atoms with E-state index in [9.17, 15) is 8.42 Å². The van der Waals surface area contributed by atoms with Crippen molar-refractivity contribution in [3.63, 3.8) is 0 Å². The van der Waals surface area contributed by atoms with Crippen molar-refractivity contribution < 1.29 is 18.3 Å². The highest BCUT2D eigenvalue weighted by Crippen LogP contribution is 2.26. The van der Waals surface area contributed by atoms with Gasteiger partial charge in [0.15, 0.2) is 0 Å². The lowest BCUT2D eigenvalue weighted by molar-refractivity contribution is -0.0304. The second kappa shape index (κ2) is 6.02. The Hall–Kier alpha value is -0.250. The molecule has 1 N–H and O–H groups in total. The molecule has 2 heterocycles. The molecule has 1 aromatic heterocycles. The van der Waals surface area contributed by atoms with Crippen molar-refractivity contribution in [1.29, 1.82) is 0 Å². The van der Waals surface area contributed by atoms with E-state index >= 15 is 0 Å². The summed E-state index contributed by atoms with van der Waals surface area (Å²) < 4.78 is 31.9. The fourth-order valence-corrected chi connectivity index (χ4v) is 4.12. The highest BCUT2D eigenvalue weighted by atomic mass is 79.9. The number of morpholine rings is 1. The van der Waals surface area contributed by atoms with Gasteiger partial charge < -0.3 is 9.84 Å². The molecule has 0 bridgehead atoms. The molecular formula is C10H12BrClN2O4S. The number of halogens is 2. The van der Waals surface area contributed by atoms with Crippen molar-refractivity contribution in [1.82, 2.24) is 9.29 Å². The van der Waals surface area contributed by atoms with E-state index < -0.39 is 16.1 Å². The van der Waals surface area contributed by atoms with Crippen LogP contribution in [0, 0.1) is 0 Å². The van der Waals surface area contributed by atoms with Crippen molar-refractivity contribution in [3.8, 4) is 0 Å². The predicted octanol–water partition coefficient (Wildman–Crippen LogP) is 0.879. The summed E-state index contributed by atoms with van der Waals surface area (Å²) in [6, 6.07) is 1.41. The maximum absolute atomic E-state index is 12.5. The summed E-state index contributed by atoms with van der Waals surface area (Å²) in [4.78, 5) is 3.76. The fraction of sp³-hybridized carbons (Fsp3) is 0.500. The minimum absolute atomic E-state index is 0.0536. The number of hydrogen-bond acceptors (Lipinski definition) is 5. The van der Waals surface area contributed by atoms with Gasteiger partial charge >= 0.3 is 0 Å². The summed E-state index contributed by atoms with van der Waals surface area (Å²) in [5, 5.41) is 8.98. The van der Waals surface area contributed by atoms with Gasteiger partial charge in [-0.25, -0.2) is 13.4 Å². The molecule has 0 radical (unpaired) electrons. The molecule has 2 rings (SSSR count). The topological polar surface area (TPSA) is 79.7 Å². The maximum Gasteiger partial charge on any atom is 0.246 e. The summed E-state index contributed by atoms with van der Waals surface area (Å²) in [5.41, 5.74) is 0. The van der Waals surface area contributed by atoms with Crippen molar-refractivity contribution in [2.45, 2.75) is 11.0 Å². The van der Waals surface area contributed by atoms with Crippen LogP contribution in [0.3, 0.4) is 0 Å². The summed E-state index contributed by atoms with van der Waals surface area (Å²) in [6.07, 6.45) is 0.916. The van der Waals surface area contributed by atoms with E-state index in [4.69, 9.17) is 21.4 Å². The molecule has 19 heavy (non-hydrogen) atoms. The van der Waals surface area contributed by atoms with Crippen LogP contribution in [0.1, 0.15) is 0 Å². The Morgan fingerprint density at radius 1 is 1.63 bits per heavy atom. The number of aliphatic hydroxyl groups is 1. The zero-order valence-electron chi connectivity index (χ0n) is 9.79. The third-order valence-electron chi connectivity index (χ3n) is 2.70. The average Bonchev–Trinajstić information content (AvgIpc) is 2.41. The van der Waals surface area contributed by atoms with E-state index in [1.807, 2.05) is 0 Å². The van der Waals surface area contributed by atoms with Crippen LogP contribution in [0.4, 0.5) is 0 Å². The molecular weight excluding hydrogens is 360 g/mol. The Morgan fingerprint density at radius 3 is 3.05 bits per heavy atom. The van der Waals surface area contributed by atoms with Gasteiger partial charge in [0.1, 0.15) is 10.0 Å². The highest BCUT2D eigenvalue weighted by Gasteiger charge is 2.32. The first-order chi connectivity index (χ1) is 8.95. The molecule has 1 aromatic rings. The Morgan fingerprint density at radius 2 is 2.37 bits per heavy atom. The SMILES string of the molecule is O=S(=O)(c1cc(Br)cnc1Cl)N1CCOC(CO)C1. The minimum atomic E-state index is -3.74. The number of aromatic nitrogens is 1. The van der Waals surface area contributed by atoms with Crippen LogP contribution in [0.5, 0.6) is 0 Å². The second-order valence-corrected chi connectivity index (χ2v) is 7.16. The monoisotopic (exact) mass is 370 g/mol. The molecule has 0 spiro atoms. The first-order valence-corrected chi connectivity index (χ1v) is 8.10. The van der Waals surface area contributed by atoms with Crippen LogP contribution >= 0.6 is 27.5 Å². The van der Waals surface area contributed by atoms with Crippen LogP contribution in [0.15, 0.2) is 21.6 Å². The molecule has 1 fully saturated rings. The maximum atomic E-state index is 12.5. The van der Waals surface area contributed by atoms with Crippen molar-refractivity contribution >= 4 is 37.6 Å². The van der Waals surface area contributed by atoms with Crippen LogP contribution in [-0.4, -0.2) is 55.2 Å². The van der Waals surface area contributed by atoms with Gasteiger partial charge in [-0.2, -0.15) is 4.31 Å². The number of ether oxygens (including phenoxy) is 1.